The normalized spacial score (nSPS) is 23.1. The lowest BCUT2D eigenvalue weighted by atomic mass is 10.2. The Labute approximate surface area is 126 Å². The molecule has 116 valence electrons. The molecule has 0 saturated carbocycles. The van der Waals surface area contributed by atoms with Crippen LogP contribution in [-0.2, 0) is 14.3 Å². The number of ether oxygens (including phenoxy) is 1. The van der Waals surface area contributed by atoms with Gasteiger partial charge in [-0.1, -0.05) is 6.07 Å². The Balaban J connectivity index is 1.85. The van der Waals surface area contributed by atoms with Crippen LogP contribution in [0.4, 0.5) is 11.4 Å². The zero-order chi connectivity index (χ0) is 15.7. The first-order valence-electron chi connectivity index (χ1n) is 7.01. The molecule has 2 saturated heterocycles. The van der Waals surface area contributed by atoms with Crippen LogP contribution < -0.4 is 4.90 Å². The SMILES string of the molecule is O=C1C[C@@H](N2CCOCC2)C(=O)N1c1cccc([N+](=O)[O-])c1. The molecule has 2 fully saturated rings. The molecule has 2 amide bonds. The third-order valence-electron chi connectivity index (χ3n) is 3.91. The van der Waals surface area contributed by atoms with Gasteiger partial charge in [-0.15, -0.1) is 0 Å². The summed E-state index contributed by atoms with van der Waals surface area (Å²) in [6.07, 6.45) is 0.0987. The van der Waals surface area contributed by atoms with E-state index in [1.807, 2.05) is 4.90 Å². The standard InChI is InChI=1S/C14H15N3O5/c18-13-9-12(15-4-6-22-7-5-15)14(19)16(13)10-2-1-3-11(8-10)17(20)21/h1-3,8,12H,4-7,9H2/t12-/m1/s1. The summed E-state index contributed by atoms with van der Waals surface area (Å²) in [6.45, 7) is 2.28. The summed E-state index contributed by atoms with van der Waals surface area (Å²) in [5, 5.41) is 10.8. The number of amides is 2. The fourth-order valence-corrected chi connectivity index (χ4v) is 2.81. The third-order valence-corrected chi connectivity index (χ3v) is 3.91. The van der Waals surface area contributed by atoms with Gasteiger partial charge in [-0.2, -0.15) is 0 Å². The molecule has 1 aromatic carbocycles. The number of nitro groups is 1. The second kappa shape index (κ2) is 5.82. The van der Waals surface area contributed by atoms with E-state index in [9.17, 15) is 19.7 Å². The van der Waals surface area contributed by atoms with Crippen LogP contribution >= 0.6 is 0 Å². The van der Waals surface area contributed by atoms with Gasteiger partial charge in [0.15, 0.2) is 0 Å². The monoisotopic (exact) mass is 305 g/mol. The molecule has 0 spiro atoms. The number of hydrogen-bond donors (Lipinski definition) is 0. The first kappa shape index (κ1) is 14.6. The Morgan fingerprint density at radius 1 is 1.23 bits per heavy atom. The van der Waals surface area contributed by atoms with Gasteiger partial charge >= 0.3 is 0 Å². The molecule has 1 atom stereocenters. The zero-order valence-corrected chi connectivity index (χ0v) is 11.8. The zero-order valence-electron chi connectivity index (χ0n) is 11.8. The minimum absolute atomic E-state index is 0.0987. The highest BCUT2D eigenvalue weighted by atomic mass is 16.6. The molecule has 8 heteroatoms. The number of imide groups is 1. The lowest BCUT2D eigenvalue weighted by Gasteiger charge is -2.30. The van der Waals surface area contributed by atoms with Crippen molar-refractivity contribution in [3.05, 3.63) is 34.4 Å². The molecule has 2 aliphatic rings. The van der Waals surface area contributed by atoms with Crippen LogP contribution in [0.1, 0.15) is 6.42 Å². The van der Waals surface area contributed by atoms with Crippen molar-refractivity contribution in [2.45, 2.75) is 12.5 Å². The number of carbonyl (C=O) groups excluding carboxylic acids is 2. The topological polar surface area (TPSA) is 93.0 Å². The lowest BCUT2D eigenvalue weighted by Crippen LogP contribution is -2.47. The summed E-state index contributed by atoms with van der Waals surface area (Å²) >= 11 is 0. The maximum Gasteiger partial charge on any atom is 0.271 e. The van der Waals surface area contributed by atoms with Crippen molar-refractivity contribution >= 4 is 23.2 Å². The van der Waals surface area contributed by atoms with Crippen LogP contribution in [0.15, 0.2) is 24.3 Å². The van der Waals surface area contributed by atoms with Crippen LogP contribution in [-0.4, -0.2) is 54.0 Å². The van der Waals surface area contributed by atoms with Crippen molar-refractivity contribution in [3.8, 4) is 0 Å². The van der Waals surface area contributed by atoms with Gasteiger partial charge in [-0.25, -0.2) is 4.90 Å². The molecule has 8 nitrogen and oxygen atoms in total. The first-order valence-corrected chi connectivity index (χ1v) is 7.01. The van der Waals surface area contributed by atoms with Crippen LogP contribution in [0, 0.1) is 10.1 Å². The predicted molar refractivity (Wildman–Crippen MR) is 76.4 cm³/mol. The summed E-state index contributed by atoms with van der Waals surface area (Å²) in [5.74, 6) is -0.658. The molecule has 0 aromatic heterocycles. The quantitative estimate of drug-likeness (QED) is 0.460. The highest BCUT2D eigenvalue weighted by molar-refractivity contribution is 6.22. The van der Waals surface area contributed by atoms with Gasteiger partial charge in [0.25, 0.3) is 11.6 Å². The number of rotatable bonds is 3. The van der Waals surface area contributed by atoms with Crippen LogP contribution in [0.5, 0.6) is 0 Å². The molecule has 0 aliphatic carbocycles. The number of morpholine rings is 1. The Bertz CT molecular complexity index is 627. The Morgan fingerprint density at radius 2 is 1.95 bits per heavy atom. The van der Waals surface area contributed by atoms with Gasteiger partial charge in [-0.3, -0.25) is 24.6 Å². The first-order chi connectivity index (χ1) is 10.6. The summed E-state index contributed by atoms with van der Waals surface area (Å²) in [6, 6.07) is 5.07. The molecule has 0 N–H and O–H groups in total. The van der Waals surface area contributed by atoms with Gasteiger partial charge in [0.2, 0.25) is 5.91 Å². The van der Waals surface area contributed by atoms with Gasteiger partial charge in [0, 0.05) is 25.2 Å². The van der Waals surface area contributed by atoms with E-state index in [1.54, 1.807) is 0 Å². The van der Waals surface area contributed by atoms with E-state index in [0.717, 1.165) is 4.90 Å². The molecule has 0 bridgehead atoms. The van der Waals surface area contributed by atoms with Gasteiger partial charge in [0.05, 0.1) is 36.3 Å². The minimum atomic E-state index is -0.548. The average Bonchev–Trinajstić information content (AvgIpc) is 2.83. The number of non-ortho nitro benzene ring substituents is 1. The van der Waals surface area contributed by atoms with Gasteiger partial charge < -0.3 is 4.74 Å². The van der Waals surface area contributed by atoms with E-state index in [1.165, 1.54) is 24.3 Å². The summed E-state index contributed by atoms with van der Waals surface area (Å²) < 4.78 is 5.25. The largest absolute Gasteiger partial charge is 0.379 e. The van der Waals surface area contributed by atoms with E-state index in [-0.39, 0.29) is 29.6 Å². The Morgan fingerprint density at radius 3 is 2.64 bits per heavy atom. The van der Waals surface area contributed by atoms with E-state index < -0.39 is 11.0 Å². The fourth-order valence-electron chi connectivity index (χ4n) is 2.81. The lowest BCUT2D eigenvalue weighted by molar-refractivity contribution is -0.384. The highest BCUT2D eigenvalue weighted by Crippen LogP contribution is 2.28. The van der Waals surface area contributed by atoms with E-state index in [4.69, 9.17) is 4.74 Å². The number of anilines is 1. The highest BCUT2D eigenvalue weighted by Gasteiger charge is 2.43. The molecule has 3 rings (SSSR count). The average molecular weight is 305 g/mol. The number of nitrogens with zero attached hydrogens (tertiary/aromatic N) is 3. The van der Waals surface area contributed by atoms with Crippen LogP contribution in [0.3, 0.4) is 0 Å². The number of nitro benzene ring substituents is 1. The van der Waals surface area contributed by atoms with Crippen LogP contribution in [0.25, 0.3) is 0 Å². The van der Waals surface area contributed by atoms with Crippen LogP contribution in [0.2, 0.25) is 0 Å². The van der Waals surface area contributed by atoms with E-state index in [0.29, 0.717) is 26.3 Å². The Hall–Kier alpha value is -2.32. The predicted octanol–water partition coefficient (Wildman–Crippen LogP) is 0.559. The summed E-state index contributed by atoms with van der Waals surface area (Å²) in [5.41, 5.74) is 0.105. The van der Waals surface area contributed by atoms with Crippen molar-refractivity contribution < 1.29 is 19.2 Å². The van der Waals surface area contributed by atoms with Crippen molar-refractivity contribution in [3.63, 3.8) is 0 Å². The number of carbonyl (C=O) groups is 2. The molecular formula is C14H15N3O5. The summed E-state index contributed by atoms with van der Waals surface area (Å²) in [7, 11) is 0. The third kappa shape index (κ3) is 2.58. The molecule has 2 aliphatic heterocycles. The Kier molecular flexibility index (Phi) is 3.86. The van der Waals surface area contributed by atoms with Crippen molar-refractivity contribution in [2.75, 3.05) is 31.2 Å². The smallest absolute Gasteiger partial charge is 0.271 e. The maximum atomic E-state index is 12.5. The molecule has 1 aromatic rings. The molecule has 22 heavy (non-hydrogen) atoms. The van der Waals surface area contributed by atoms with Gasteiger partial charge in [0.1, 0.15) is 0 Å². The second-order valence-electron chi connectivity index (χ2n) is 5.21. The van der Waals surface area contributed by atoms with E-state index >= 15 is 0 Å². The maximum absolute atomic E-state index is 12.5. The second-order valence-corrected chi connectivity index (χ2v) is 5.21. The molecule has 2 heterocycles. The number of hydrogen-bond acceptors (Lipinski definition) is 6. The molecule has 0 unspecified atom stereocenters. The molecule has 0 radical (unpaired) electrons. The molecular weight excluding hydrogens is 290 g/mol. The minimum Gasteiger partial charge on any atom is -0.379 e. The van der Waals surface area contributed by atoms with E-state index in [2.05, 4.69) is 0 Å². The van der Waals surface area contributed by atoms with Crippen molar-refractivity contribution in [1.82, 2.24) is 4.90 Å². The summed E-state index contributed by atoms with van der Waals surface area (Å²) in [4.78, 5) is 38.0. The van der Waals surface area contributed by atoms with Crippen molar-refractivity contribution in [2.24, 2.45) is 0 Å². The number of benzene rings is 1. The van der Waals surface area contributed by atoms with Gasteiger partial charge in [-0.05, 0) is 6.07 Å². The van der Waals surface area contributed by atoms with Crippen molar-refractivity contribution in [1.29, 1.82) is 0 Å². The fraction of sp³-hybridized carbons (Fsp3) is 0.429.